The van der Waals surface area contributed by atoms with Crippen molar-refractivity contribution in [3.63, 3.8) is 0 Å². The molecule has 0 saturated carbocycles. The average molecular weight is 282 g/mol. The first kappa shape index (κ1) is 13.8. The van der Waals surface area contributed by atoms with Crippen molar-refractivity contribution in [2.45, 2.75) is 6.42 Å². The highest BCUT2D eigenvalue weighted by Gasteiger charge is 2.18. The predicted octanol–water partition coefficient (Wildman–Crippen LogP) is 2.17. The van der Waals surface area contributed by atoms with E-state index in [1.54, 1.807) is 0 Å². The van der Waals surface area contributed by atoms with Crippen molar-refractivity contribution in [1.82, 2.24) is 0 Å². The number of ether oxygens (including phenoxy) is 1. The molecule has 1 aliphatic carbocycles. The standard InChI is InChI=1S/C17H18N2O2/c18-7-8-21-11-17(20)19-14-5-6-16-13(10-14)9-12-3-1-2-4-15(12)16/h1-6,10H,7-9,11,18H2,(H,19,20). The average Bonchev–Trinajstić information content (AvgIpc) is 2.85. The number of benzene rings is 2. The lowest BCUT2D eigenvalue weighted by Gasteiger charge is -2.08. The number of carbonyl (C=O) groups is 1. The molecule has 2 aromatic rings. The number of fused-ring (bicyclic) bond motifs is 3. The van der Waals surface area contributed by atoms with Crippen LogP contribution in [0.25, 0.3) is 11.1 Å². The summed E-state index contributed by atoms with van der Waals surface area (Å²) in [6, 6.07) is 14.4. The van der Waals surface area contributed by atoms with Crippen molar-refractivity contribution >= 4 is 11.6 Å². The molecule has 4 heteroatoms. The van der Waals surface area contributed by atoms with Crippen LogP contribution in [0.2, 0.25) is 0 Å². The lowest BCUT2D eigenvalue weighted by atomic mass is 10.1. The summed E-state index contributed by atoms with van der Waals surface area (Å²) >= 11 is 0. The van der Waals surface area contributed by atoms with Crippen LogP contribution in [0.1, 0.15) is 11.1 Å². The number of hydrogen-bond donors (Lipinski definition) is 2. The van der Waals surface area contributed by atoms with Gasteiger partial charge in [0, 0.05) is 12.2 Å². The van der Waals surface area contributed by atoms with Gasteiger partial charge in [0.2, 0.25) is 5.91 Å². The molecule has 21 heavy (non-hydrogen) atoms. The summed E-state index contributed by atoms with van der Waals surface area (Å²) in [5, 5.41) is 2.85. The summed E-state index contributed by atoms with van der Waals surface area (Å²) in [6.07, 6.45) is 0.916. The molecule has 0 aromatic heterocycles. The van der Waals surface area contributed by atoms with Gasteiger partial charge in [-0.25, -0.2) is 0 Å². The van der Waals surface area contributed by atoms with E-state index < -0.39 is 0 Å². The molecule has 0 aliphatic heterocycles. The van der Waals surface area contributed by atoms with Crippen LogP contribution in [0.3, 0.4) is 0 Å². The van der Waals surface area contributed by atoms with Crippen LogP contribution in [0.4, 0.5) is 5.69 Å². The minimum Gasteiger partial charge on any atom is -0.370 e. The van der Waals surface area contributed by atoms with Gasteiger partial charge in [0.25, 0.3) is 0 Å². The van der Waals surface area contributed by atoms with Crippen LogP contribution in [-0.4, -0.2) is 25.7 Å². The highest BCUT2D eigenvalue weighted by Crippen LogP contribution is 2.37. The van der Waals surface area contributed by atoms with Gasteiger partial charge in [-0.05, 0) is 40.8 Å². The smallest absolute Gasteiger partial charge is 0.250 e. The van der Waals surface area contributed by atoms with Crippen LogP contribution < -0.4 is 11.1 Å². The molecule has 0 spiro atoms. The van der Waals surface area contributed by atoms with E-state index in [9.17, 15) is 4.79 Å². The maximum Gasteiger partial charge on any atom is 0.250 e. The van der Waals surface area contributed by atoms with Crippen LogP contribution in [0.15, 0.2) is 42.5 Å². The fraction of sp³-hybridized carbons (Fsp3) is 0.235. The quantitative estimate of drug-likeness (QED) is 0.705. The van der Waals surface area contributed by atoms with Crippen molar-refractivity contribution < 1.29 is 9.53 Å². The first-order chi connectivity index (χ1) is 10.3. The Balaban J connectivity index is 1.71. The molecule has 3 N–H and O–H groups in total. The molecule has 0 saturated heterocycles. The third-order valence-electron chi connectivity index (χ3n) is 3.57. The van der Waals surface area contributed by atoms with Gasteiger partial charge in [0.05, 0.1) is 6.61 Å². The molecule has 0 fully saturated rings. The molecule has 0 unspecified atom stereocenters. The van der Waals surface area contributed by atoms with Crippen LogP contribution in [0, 0.1) is 0 Å². The Morgan fingerprint density at radius 3 is 2.81 bits per heavy atom. The number of nitrogens with one attached hydrogen (secondary N) is 1. The first-order valence-corrected chi connectivity index (χ1v) is 7.07. The topological polar surface area (TPSA) is 64.3 Å². The van der Waals surface area contributed by atoms with Crippen LogP contribution >= 0.6 is 0 Å². The molecule has 1 amide bonds. The summed E-state index contributed by atoms with van der Waals surface area (Å²) in [5.41, 5.74) is 11.2. The van der Waals surface area contributed by atoms with Crippen molar-refractivity contribution in [2.75, 3.05) is 25.1 Å². The van der Waals surface area contributed by atoms with E-state index in [2.05, 4.69) is 35.6 Å². The largest absolute Gasteiger partial charge is 0.370 e. The number of rotatable bonds is 5. The second kappa shape index (κ2) is 6.08. The van der Waals surface area contributed by atoms with Gasteiger partial charge in [0.1, 0.15) is 6.61 Å². The third-order valence-corrected chi connectivity index (χ3v) is 3.57. The monoisotopic (exact) mass is 282 g/mol. The van der Waals surface area contributed by atoms with E-state index in [0.29, 0.717) is 13.2 Å². The van der Waals surface area contributed by atoms with Gasteiger partial charge in [-0.3, -0.25) is 4.79 Å². The van der Waals surface area contributed by atoms with Gasteiger partial charge in [-0.15, -0.1) is 0 Å². The summed E-state index contributed by atoms with van der Waals surface area (Å²) in [4.78, 5) is 11.7. The molecule has 0 atom stereocenters. The van der Waals surface area contributed by atoms with Crippen molar-refractivity contribution in [3.8, 4) is 11.1 Å². The fourth-order valence-corrected chi connectivity index (χ4v) is 2.67. The van der Waals surface area contributed by atoms with Gasteiger partial charge < -0.3 is 15.8 Å². The molecule has 0 heterocycles. The third kappa shape index (κ3) is 2.96. The van der Waals surface area contributed by atoms with E-state index >= 15 is 0 Å². The van der Waals surface area contributed by atoms with E-state index in [1.165, 1.54) is 22.3 Å². The molecule has 0 radical (unpaired) electrons. The Bertz CT molecular complexity index is 668. The van der Waals surface area contributed by atoms with Gasteiger partial charge in [-0.1, -0.05) is 30.3 Å². The summed E-state index contributed by atoms with van der Waals surface area (Å²) < 4.78 is 5.12. The maximum absolute atomic E-state index is 11.7. The highest BCUT2D eigenvalue weighted by molar-refractivity contribution is 5.92. The molecule has 3 rings (SSSR count). The Morgan fingerprint density at radius 1 is 1.14 bits per heavy atom. The minimum absolute atomic E-state index is 0.0362. The van der Waals surface area contributed by atoms with E-state index in [0.717, 1.165) is 12.1 Å². The van der Waals surface area contributed by atoms with Crippen molar-refractivity contribution in [2.24, 2.45) is 5.73 Å². The summed E-state index contributed by atoms with van der Waals surface area (Å²) in [5.74, 6) is -0.154. The number of hydrogen-bond acceptors (Lipinski definition) is 3. The summed E-state index contributed by atoms with van der Waals surface area (Å²) in [6.45, 7) is 0.853. The van der Waals surface area contributed by atoms with E-state index in [1.807, 2.05) is 12.1 Å². The number of carbonyl (C=O) groups excluding carboxylic acids is 1. The maximum atomic E-state index is 11.7. The SMILES string of the molecule is NCCOCC(=O)Nc1ccc2c(c1)Cc1ccccc1-2. The molecule has 108 valence electrons. The fourth-order valence-electron chi connectivity index (χ4n) is 2.67. The molecular weight excluding hydrogens is 264 g/mol. The summed E-state index contributed by atoms with van der Waals surface area (Å²) in [7, 11) is 0. The Morgan fingerprint density at radius 2 is 1.95 bits per heavy atom. The lowest BCUT2D eigenvalue weighted by molar-refractivity contribution is -0.120. The molecule has 2 aromatic carbocycles. The normalized spacial score (nSPS) is 11.9. The van der Waals surface area contributed by atoms with Crippen molar-refractivity contribution in [1.29, 1.82) is 0 Å². The van der Waals surface area contributed by atoms with Gasteiger partial charge in [-0.2, -0.15) is 0 Å². The number of amides is 1. The van der Waals surface area contributed by atoms with Gasteiger partial charge in [0.15, 0.2) is 0 Å². The first-order valence-electron chi connectivity index (χ1n) is 7.07. The Labute approximate surface area is 123 Å². The Kier molecular flexibility index (Phi) is 3.99. The van der Waals surface area contributed by atoms with Crippen LogP contribution in [0.5, 0.6) is 0 Å². The minimum atomic E-state index is -0.154. The zero-order chi connectivity index (χ0) is 14.7. The molecular formula is C17H18N2O2. The number of nitrogens with two attached hydrogens (primary N) is 1. The zero-order valence-corrected chi connectivity index (χ0v) is 11.8. The Hall–Kier alpha value is -2.17. The highest BCUT2D eigenvalue weighted by atomic mass is 16.5. The lowest BCUT2D eigenvalue weighted by Crippen LogP contribution is -2.20. The second-order valence-electron chi connectivity index (χ2n) is 5.10. The second-order valence-corrected chi connectivity index (χ2v) is 5.10. The van der Waals surface area contributed by atoms with Crippen LogP contribution in [-0.2, 0) is 16.0 Å². The predicted molar refractivity (Wildman–Crippen MR) is 83.2 cm³/mol. The number of anilines is 1. The molecule has 4 nitrogen and oxygen atoms in total. The van der Waals surface area contributed by atoms with E-state index in [-0.39, 0.29) is 12.5 Å². The van der Waals surface area contributed by atoms with Crippen molar-refractivity contribution in [3.05, 3.63) is 53.6 Å². The van der Waals surface area contributed by atoms with E-state index in [4.69, 9.17) is 10.5 Å². The molecule has 1 aliphatic rings. The zero-order valence-electron chi connectivity index (χ0n) is 11.8. The molecule has 0 bridgehead atoms. The van der Waals surface area contributed by atoms with Gasteiger partial charge >= 0.3 is 0 Å².